The molecule has 19 heavy (non-hydrogen) atoms. The number of aromatic nitrogens is 1. The monoisotopic (exact) mass is 327 g/mol. The molecule has 0 aromatic carbocycles. The molecule has 1 N–H and O–H groups in total. The average Bonchev–Trinajstić information content (AvgIpc) is 2.37. The van der Waals surface area contributed by atoms with Crippen molar-refractivity contribution >= 4 is 21.9 Å². The van der Waals surface area contributed by atoms with Crippen LogP contribution in [0.4, 0.5) is 0 Å². The molecule has 1 saturated heterocycles. The van der Waals surface area contributed by atoms with Crippen molar-refractivity contribution in [3.05, 3.63) is 28.5 Å². The molecule has 2 rings (SSSR count). The first-order valence-corrected chi connectivity index (χ1v) is 7.10. The van der Waals surface area contributed by atoms with E-state index in [0.29, 0.717) is 0 Å². The Kier molecular flexibility index (Phi) is 4.90. The lowest BCUT2D eigenvalue weighted by Gasteiger charge is -2.37. The number of hydrogen-bond acceptors (Lipinski definition) is 4. The van der Waals surface area contributed by atoms with Crippen LogP contribution in [-0.2, 0) is 4.79 Å². The van der Waals surface area contributed by atoms with E-state index in [4.69, 9.17) is 5.11 Å². The zero-order valence-electron chi connectivity index (χ0n) is 10.9. The van der Waals surface area contributed by atoms with Crippen molar-refractivity contribution in [3.8, 4) is 0 Å². The number of carbonyl (C=O) groups is 1. The van der Waals surface area contributed by atoms with Gasteiger partial charge in [-0.15, -0.1) is 0 Å². The minimum atomic E-state index is -0.774. The number of halogens is 1. The first kappa shape index (κ1) is 14.4. The van der Waals surface area contributed by atoms with Gasteiger partial charge in [0.25, 0.3) is 0 Å². The van der Waals surface area contributed by atoms with Gasteiger partial charge in [-0.05, 0) is 34.6 Å². The predicted molar refractivity (Wildman–Crippen MR) is 76.0 cm³/mol. The van der Waals surface area contributed by atoms with Crippen LogP contribution < -0.4 is 0 Å². The fraction of sp³-hybridized carbons (Fsp3) is 0.538. The Labute approximate surface area is 121 Å². The SMILES string of the molecule is CN1CCN(C(CC(=O)O)c2cncc(Br)c2)CC1. The zero-order chi connectivity index (χ0) is 13.8. The van der Waals surface area contributed by atoms with Crippen LogP contribution in [0, 0.1) is 0 Å². The van der Waals surface area contributed by atoms with Crippen LogP contribution in [0.25, 0.3) is 0 Å². The second-order valence-electron chi connectivity index (χ2n) is 4.89. The van der Waals surface area contributed by atoms with Crippen LogP contribution in [0.1, 0.15) is 18.0 Å². The third-order valence-corrected chi connectivity index (χ3v) is 3.89. The minimum absolute atomic E-state index is 0.101. The van der Waals surface area contributed by atoms with Crippen LogP contribution in [0.15, 0.2) is 22.9 Å². The van der Waals surface area contributed by atoms with Crippen LogP contribution in [-0.4, -0.2) is 59.1 Å². The summed E-state index contributed by atoms with van der Waals surface area (Å²) in [4.78, 5) is 19.7. The Morgan fingerprint density at radius 3 is 2.68 bits per heavy atom. The molecule has 5 nitrogen and oxygen atoms in total. The highest BCUT2D eigenvalue weighted by Gasteiger charge is 2.26. The van der Waals surface area contributed by atoms with Crippen LogP contribution in [0.2, 0.25) is 0 Å². The van der Waals surface area contributed by atoms with E-state index in [1.807, 2.05) is 6.07 Å². The Hall–Kier alpha value is -0.980. The number of aliphatic carboxylic acids is 1. The molecule has 0 amide bonds. The number of carboxylic acids is 1. The van der Waals surface area contributed by atoms with Gasteiger partial charge in [0.1, 0.15) is 0 Å². The van der Waals surface area contributed by atoms with E-state index in [1.165, 1.54) is 0 Å². The standard InChI is InChI=1S/C13H18BrN3O2/c1-16-2-4-17(5-3-16)12(7-13(18)19)10-6-11(14)9-15-8-10/h6,8-9,12H,2-5,7H2,1H3,(H,18,19). The lowest BCUT2D eigenvalue weighted by atomic mass is 10.0. The summed E-state index contributed by atoms with van der Waals surface area (Å²) in [6.07, 6.45) is 3.59. The maximum atomic E-state index is 11.1. The number of likely N-dealkylation sites (N-methyl/N-ethyl adjacent to an activating group) is 1. The van der Waals surface area contributed by atoms with Gasteiger partial charge in [-0.1, -0.05) is 0 Å². The molecule has 1 atom stereocenters. The molecular weight excluding hydrogens is 310 g/mol. The number of rotatable bonds is 4. The molecule has 0 saturated carbocycles. The van der Waals surface area contributed by atoms with E-state index in [1.54, 1.807) is 12.4 Å². The van der Waals surface area contributed by atoms with Crippen molar-refractivity contribution in [2.45, 2.75) is 12.5 Å². The highest BCUT2D eigenvalue weighted by atomic mass is 79.9. The van der Waals surface area contributed by atoms with Crippen molar-refractivity contribution < 1.29 is 9.90 Å². The van der Waals surface area contributed by atoms with E-state index >= 15 is 0 Å². The first-order valence-electron chi connectivity index (χ1n) is 6.31. The first-order chi connectivity index (χ1) is 9.06. The summed E-state index contributed by atoms with van der Waals surface area (Å²) in [6, 6.07) is 1.86. The molecule has 1 unspecified atom stereocenters. The van der Waals surface area contributed by atoms with E-state index < -0.39 is 5.97 Å². The fourth-order valence-electron chi connectivity index (χ4n) is 2.37. The zero-order valence-corrected chi connectivity index (χ0v) is 12.5. The summed E-state index contributed by atoms with van der Waals surface area (Å²) >= 11 is 3.39. The minimum Gasteiger partial charge on any atom is -0.481 e. The van der Waals surface area contributed by atoms with Gasteiger partial charge in [-0.2, -0.15) is 0 Å². The van der Waals surface area contributed by atoms with E-state index in [9.17, 15) is 4.79 Å². The Morgan fingerprint density at radius 1 is 1.42 bits per heavy atom. The van der Waals surface area contributed by atoms with E-state index in [0.717, 1.165) is 36.2 Å². The molecule has 2 heterocycles. The van der Waals surface area contributed by atoms with Gasteiger partial charge in [-0.25, -0.2) is 0 Å². The van der Waals surface area contributed by atoms with E-state index in [-0.39, 0.29) is 12.5 Å². The Bertz CT molecular complexity index is 447. The highest BCUT2D eigenvalue weighted by molar-refractivity contribution is 9.10. The summed E-state index contributed by atoms with van der Waals surface area (Å²) in [5.74, 6) is -0.774. The quantitative estimate of drug-likeness (QED) is 0.910. The number of piperazine rings is 1. The topological polar surface area (TPSA) is 56.7 Å². The van der Waals surface area contributed by atoms with Crippen LogP contribution in [0.5, 0.6) is 0 Å². The normalized spacial score (nSPS) is 19.3. The highest BCUT2D eigenvalue weighted by Crippen LogP contribution is 2.26. The third kappa shape index (κ3) is 3.99. The smallest absolute Gasteiger partial charge is 0.305 e. The van der Waals surface area contributed by atoms with E-state index in [2.05, 4.69) is 37.8 Å². The molecule has 1 aliphatic rings. The van der Waals surface area contributed by atoms with Gasteiger partial charge < -0.3 is 10.0 Å². The fourth-order valence-corrected chi connectivity index (χ4v) is 2.75. The summed E-state index contributed by atoms with van der Waals surface area (Å²) in [5, 5.41) is 9.13. The lowest BCUT2D eigenvalue weighted by Crippen LogP contribution is -2.46. The number of pyridine rings is 1. The molecule has 0 bridgehead atoms. The van der Waals surface area contributed by atoms with Crippen molar-refractivity contribution in [1.82, 2.24) is 14.8 Å². The second kappa shape index (κ2) is 6.45. The largest absolute Gasteiger partial charge is 0.481 e. The van der Waals surface area contributed by atoms with Gasteiger partial charge >= 0.3 is 5.97 Å². The van der Waals surface area contributed by atoms with Crippen molar-refractivity contribution in [3.63, 3.8) is 0 Å². The predicted octanol–water partition coefficient (Wildman–Crippen LogP) is 1.61. The molecule has 0 aliphatic carbocycles. The molecule has 1 aromatic rings. The summed E-state index contributed by atoms with van der Waals surface area (Å²) in [7, 11) is 2.09. The Balaban J connectivity index is 2.18. The van der Waals surface area contributed by atoms with Gasteiger partial charge in [0.05, 0.1) is 6.42 Å². The summed E-state index contributed by atoms with van der Waals surface area (Å²) in [6.45, 7) is 3.72. The Morgan fingerprint density at radius 2 is 2.11 bits per heavy atom. The molecule has 104 valence electrons. The number of carboxylic acid groups (broad SMARTS) is 1. The van der Waals surface area contributed by atoms with Gasteiger partial charge in [0.15, 0.2) is 0 Å². The maximum absolute atomic E-state index is 11.1. The summed E-state index contributed by atoms with van der Waals surface area (Å²) < 4.78 is 0.884. The molecular formula is C13H18BrN3O2. The number of hydrogen-bond donors (Lipinski definition) is 1. The maximum Gasteiger partial charge on any atom is 0.305 e. The molecule has 1 aliphatic heterocycles. The van der Waals surface area contributed by atoms with Crippen molar-refractivity contribution in [2.24, 2.45) is 0 Å². The molecule has 1 aromatic heterocycles. The van der Waals surface area contributed by atoms with Gasteiger partial charge in [0, 0.05) is 49.1 Å². The average molecular weight is 328 g/mol. The molecule has 1 fully saturated rings. The third-order valence-electron chi connectivity index (χ3n) is 3.46. The van der Waals surface area contributed by atoms with Gasteiger partial charge in [0.2, 0.25) is 0 Å². The molecule has 0 spiro atoms. The van der Waals surface area contributed by atoms with Crippen LogP contribution >= 0.6 is 15.9 Å². The van der Waals surface area contributed by atoms with Crippen molar-refractivity contribution in [2.75, 3.05) is 33.2 Å². The summed E-state index contributed by atoms with van der Waals surface area (Å²) in [5.41, 5.74) is 0.960. The second-order valence-corrected chi connectivity index (χ2v) is 5.81. The van der Waals surface area contributed by atoms with Crippen LogP contribution in [0.3, 0.4) is 0 Å². The molecule has 6 heteroatoms. The molecule has 0 radical (unpaired) electrons. The van der Waals surface area contributed by atoms with Gasteiger partial charge in [-0.3, -0.25) is 14.7 Å². The lowest BCUT2D eigenvalue weighted by molar-refractivity contribution is -0.138. The number of nitrogens with zero attached hydrogens (tertiary/aromatic N) is 3. The van der Waals surface area contributed by atoms with Crippen molar-refractivity contribution in [1.29, 1.82) is 0 Å².